The van der Waals surface area contributed by atoms with Crippen LogP contribution in [0.2, 0.25) is 0 Å². The van der Waals surface area contributed by atoms with Crippen molar-refractivity contribution < 1.29 is 53.1 Å². The molecule has 12 aliphatic carbocycles. The fourth-order valence-corrected chi connectivity index (χ4v) is 29.8. The molecule has 92 heavy (non-hydrogen) atoms. The number of nitrogens with one attached hydrogen (secondary N) is 1. The second-order valence-corrected chi connectivity index (χ2v) is 34.5. The molecule has 8 spiro atoms. The van der Waals surface area contributed by atoms with E-state index in [2.05, 4.69) is 121 Å². The Morgan fingerprint density at radius 3 is 2.70 bits per heavy atom. The van der Waals surface area contributed by atoms with E-state index in [1.165, 1.54) is 24.0 Å². The van der Waals surface area contributed by atoms with Gasteiger partial charge in [-0.15, -0.1) is 0 Å². The standard InChI is InChI=1S/C79H90N2O11/c1-43-54-13-6-11-47(54)19-25-71(43)22-8-23-74-62(71)34-53-33-52-30-46-18-26-75-69(87)89-41-73(78(53,75)92-74)64-51(38-72(52,75)36-46)37-70(2)76(57-21-28-88-61(57)35-56(60(83)40-82)49-16-17-55-50(32-49)20-27-81-42-80-39-59(55)81)24-7-12-48-15-14-45(29-44-9-4-3-5-10-44)31-58(48)77(64,66(85)63(84)65(73)74)79(70)67(90-79)68(86)91-76/h3-5,8-10,18-22,25-28,34,43,45-52,54-56,58-60,62,64-67,80,82-83,85H,6,11,13-17,23-24,29-33,35-42H2,1-2H3. The fraction of sp³-hybridized carbons (Fsp3) is 0.684. The number of rotatable bonds is 8. The highest BCUT2D eigenvalue weighted by Crippen LogP contribution is 2.94. The van der Waals surface area contributed by atoms with Gasteiger partial charge in [0.05, 0.1) is 49.0 Å². The lowest BCUT2D eigenvalue weighted by Crippen LogP contribution is -2.84. The van der Waals surface area contributed by atoms with Crippen molar-refractivity contribution in [3.8, 4) is 11.8 Å². The third-order valence-corrected chi connectivity index (χ3v) is 32.4. The number of allylic oxidation sites excluding steroid dienone is 5. The van der Waals surface area contributed by atoms with E-state index >= 15 is 19.5 Å². The molecule has 21 rings (SSSR count). The number of cyclic esters (lactones) is 1. The highest BCUT2D eigenvalue weighted by Gasteiger charge is 3.02. The number of carbonyl (C=O) groups excluding carboxylic acids is 3. The molecule has 482 valence electrons. The minimum Gasteiger partial charge on any atom is -0.469 e. The smallest absolute Gasteiger partial charge is 0.339 e. The lowest BCUT2D eigenvalue weighted by molar-refractivity contribution is -0.320. The fourth-order valence-electron chi connectivity index (χ4n) is 29.8. The van der Waals surface area contributed by atoms with Gasteiger partial charge in [0.2, 0.25) is 0 Å². The van der Waals surface area contributed by atoms with E-state index in [1.807, 2.05) is 6.07 Å². The second-order valence-electron chi connectivity index (χ2n) is 34.5. The zero-order chi connectivity index (χ0) is 61.7. The molecule has 13 fully saturated rings. The largest absolute Gasteiger partial charge is 0.469 e. The van der Waals surface area contributed by atoms with Gasteiger partial charge in [0, 0.05) is 52.7 Å². The minimum absolute atomic E-state index is 0.0192. The maximum Gasteiger partial charge on any atom is 0.339 e. The summed E-state index contributed by atoms with van der Waals surface area (Å²) in [6, 6.07) is 13.2. The quantitative estimate of drug-likeness (QED) is 0.0850. The predicted molar refractivity (Wildman–Crippen MR) is 336 cm³/mol. The Morgan fingerprint density at radius 2 is 1.82 bits per heavy atom. The molecule has 13 heteroatoms. The Balaban J connectivity index is 0.801. The molecule has 13 nitrogen and oxygen atoms in total. The molecular weight excluding hydrogens is 1150 g/mol. The van der Waals surface area contributed by atoms with Crippen LogP contribution in [0.4, 0.5) is 0 Å². The summed E-state index contributed by atoms with van der Waals surface area (Å²) < 4.78 is 38.4. The molecule has 8 heterocycles. The number of benzene rings is 1. The number of carbonyl (C=O) groups is 3. The number of fused-ring (bicyclic) bond motifs is 7. The molecule has 5 saturated heterocycles. The van der Waals surface area contributed by atoms with E-state index in [1.54, 1.807) is 6.26 Å². The first-order valence-electron chi connectivity index (χ1n) is 36.5. The molecule has 0 amide bonds. The number of furan rings is 1. The van der Waals surface area contributed by atoms with Crippen LogP contribution in [0.1, 0.15) is 133 Å². The SMILES string of the molecule is CC1C2CCCC2C=CC12C=CCC13OC45C(=CC21)CC1CC2C=CC46C(=O)OCC54C3C(=O)C(O)C35C7CC(Cc8ccccc8)CCC7C#CCC7(c8ccoc8CC(C(O)CO)C8CCC9C(C=CN%10CNCC9%10)C8)OC(=O)C8OC83C7(C)CC(CC16C2)C45. The Hall–Kier alpha value is -5.07. The summed E-state index contributed by atoms with van der Waals surface area (Å²) in [4.78, 5) is 53.5. The van der Waals surface area contributed by atoms with Crippen molar-refractivity contribution in [3.63, 3.8) is 0 Å². The number of ether oxygens (including phenoxy) is 4. The number of nitrogens with zero attached hydrogens (tertiary/aromatic N) is 1. The summed E-state index contributed by atoms with van der Waals surface area (Å²) in [6.07, 6.45) is 33.8. The topological polar surface area (TPSA) is 181 Å². The van der Waals surface area contributed by atoms with Crippen LogP contribution in [0, 0.1) is 139 Å². The Bertz CT molecular complexity index is 3820. The summed E-state index contributed by atoms with van der Waals surface area (Å²) in [6.45, 7) is 6.17. The van der Waals surface area contributed by atoms with Gasteiger partial charge in [0.1, 0.15) is 35.1 Å². The Morgan fingerprint density at radius 1 is 0.924 bits per heavy atom. The highest BCUT2D eigenvalue weighted by molar-refractivity contribution is 5.96. The molecular formula is C79H90N2O11. The zero-order valence-electron chi connectivity index (χ0n) is 53.4. The molecule has 1 aromatic carbocycles. The number of aliphatic hydroxyl groups excluding tert-OH is 3. The molecule has 8 saturated carbocycles. The lowest BCUT2D eigenvalue weighted by Gasteiger charge is -2.74. The average molecular weight is 1240 g/mol. The number of aliphatic hydroxyl groups is 3. The van der Waals surface area contributed by atoms with Crippen LogP contribution >= 0.6 is 0 Å². The van der Waals surface area contributed by atoms with Gasteiger partial charge in [-0.3, -0.25) is 14.9 Å². The maximum absolute atomic E-state index is 18.2. The van der Waals surface area contributed by atoms with E-state index in [0.717, 1.165) is 77.4 Å². The summed E-state index contributed by atoms with van der Waals surface area (Å²) in [7, 11) is 0. The number of hydrogen-bond acceptors (Lipinski definition) is 13. The number of hydrogen-bond donors (Lipinski definition) is 4. The van der Waals surface area contributed by atoms with Crippen LogP contribution in [-0.4, -0.2) is 106 Å². The third-order valence-electron chi connectivity index (χ3n) is 32.4. The van der Waals surface area contributed by atoms with E-state index in [-0.39, 0.29) is 78.0 Å². The van der Waals surface area contributed by atoms with Crippen molar-refractivity contribution in [3.05, 3.63) is 120 Å². The van der Waals surface area contributed by atoms with E-state index in [4.69, 9.17) is 23.4 Å². The molecule has 19 aliphatic rings. The summed E-state index contributed by atoms with van der Waals surface area (Å²) in [5, 5.41) is 42.1. The monoisotopic (exact) mass is 1240 g/mol. The first-order chi connectivity index (χ1) is 44.7. The van der Waals surface area contributed by atoms with Crippen LogP contribution in [0.15, 0.2) is 107 Å². The normalized spacial score (nSPS) is 54.9. The lowest BCUT2D eigenvalue weighted by atomic mass is 9.28. The van der Waals surface area contributed by atoms with Gasteiger partial charge in [0.15, 0.2) is 17.5 Å². The molecule has 2 aromatic rings. The van der Waals surface area contributed by atoms with Crippen molar-refractivity contribution in [2.45, 2.75) is 176 Å². The molecule has 30 unspecified atom stereocenters. The van der Waals surface area contributed by atoms with Gasteiger partial charge in [0.25, 0.3) is 0 Å². The van der Waals surface area contributed by atoms with Gasteiger partial charge in [-0.05, 0) is 202 Å². The number of epoxide rings is 1. The van der Waals surface area contributed by atoms with Crippen LogP contribution in [0.25, 0.3) is 0 Å². The summed E-state index contributed by atoms with van der Waals surface area (Å²) in [5.41, 5.74) is -8.52. The van der Waals surface area contributed by atoms with Crippen LogP contribution in [0.5, 0.6) is 0 Å². The van der Waals surface area contributed by atoms with Crippen LogP contribution in [-0.2, 0) is 51.8 Å². The molecule has 4 N–H and O–H groups in total. The van der Waals surface area contributed by atoms with Gasteiger partial charge >= 0.3 is 11.9 Å². The van der Waals surface area contributed by atoms with Crippen molar-refractivity contribution in [1.82, 2.24) is 10.2 Å². The molecule has 1 aromatic heterocycles. The average Bonchev–Trinajstić information content (AvgIpc) is 1.40. The summed E-state index contributed by atoms with van der Waals surface area (Å²) >= 11 is 0. The van der Waals surface area contributed by atoms with Crippen molar-refractivity contribution >= 4 is 17.7 Å². The van der Waals surface area contributed by atoms with Crippen molar-refractivity contribution in [2.75, 3.05) is 26.4 Å². The maximum atomic E-state index is 18.2. The second kappa shape index (κ2) is 18.1. The van der Waals surface area contributed by atoms with Gasteiger partial charge in [-0.25, -0.2) is 4.79 Å². The van der Waals surface area contributed by atoms with Crippen LogP contribution in [0.3, 0.4) is 0 Å². The minimum atomic E-state index is -1.61. The molecule has 0 radical (unpaired) electrons. The van der Waals surface area contributed by atoms with Crippen molar-refractivity contribution in [1.29, 1.82) is 0 Å². The third kappa shape index (κ3) is 5.92. The van der Waals surface area contributed by atoms with E-state index in [9.17, 15) is 10.2 Å². The Kier molecular flexibility index (Phi) is 11.1. The predicted octanol–water partition coefficient (Wildman–Crippen LogP) is 9.90. The summed E-state index contributed by atoms with van der Waals surface area (Å²) in [5.74, 6) is 7.17. The Labute approximate surface area is 540 Å². The van der Waals surface area contributed by atoms with E-state index < -0.39 is 104 Å². The zero-order valence-corrected chi connectivity index (χ0v) is 53.4. The first kappa shape index (κ1) is 56.1. The van der Waals surface area contributed by atoms with Gasteiger partial charge in [-0.1, -0.05) is 111 Å². The van der Waals surface area contributed by atoms with Gasteiger partial charge in [-0.2, -0.15) is 0 Å². The first-order valence-corrected chi connectivity index (χ1v) is 36.5. The van der Waals surface area contributed by atoms with Crippen LogP contribution < -0.4 is 5.32 Å². The van der Waals surface area contributed by atoms with Crippen molar-refractivity contribution in [2.24, 2.45) is 127 Å². The number of Topliss-reactive ketones (excluding diaryl/α,β-unsaturated/α-hetero) is 1. The van der Waals surface area contributed by atoms with E-state index in [0.29, 0.717) is 73.1 Å². The highest BCUT2D eigenvalue weighted by atomic mass is 16.7. The molecule has 7 aliphatic heterocycles. The molecule has 30 atom stereocenters. The van der Waals surface area contributed by atoms with Gasteiger partial charge < -0.3 is 43.6 Å². The number of esters is 2. The molecule has 10 bridgehead atoms. The number of ketones is 1.